The van der Waals surface area contributed by atoms with Crippen LogP contribution in [0.5, 0.6) is 0 Å². The Morgan fingerprint density at radius 2 is 1.81 bits per heavy atom. The number of aliphatic carboxylic acids is 1. The van der Waals surface area contributed by atoms with E-state index in [-0.39, 0.29) is 16.4 Å². The number of allylic oxidation sites excluding steroid dienone is 1. The number of thioether (sulfide) groups is 1. The highest BCUT2D eigenvalue weighted by Gasteiger charge is 2.17. The van der Waals surface area contributed by atoms with Crippen LogP contribution in [-0.2, 0) is 14.6 Å². The van der Waals surface area contributed by atoms with Crippen molar-refractivity contribution in [3.8, 4) is 0 Å². The maximum Gasteiger partial charge on any atom is 0.335 e. The molecule has 0 radical (unpaired) electrons. The summed E-state index contributed by atoms with van der Waals surface area (Å²) in [6.45, 7) is 0. The Balaban J connectivity index is 2.30. The minimum atomic E-state index is -3.26. The molecule has 114 valence electrons. The minimum Gasteiger partial charge on any atom is -0.478 e. The van der Waals surface area contributed by atoms with Crippen LogP contribution in [0.1, 0.15) is 18.4 Å². The van der Waals surface area contributed by atoms with E-state index in [0.29, 0.717) is 5.56 Å². The molecule has 0 amide bonds. The molecule has 1 aromatic carbocycles. The van der Waals surface area contributed by atoms with Gasteiger partial charge in [-0.15, -0.1) is 0 Å². The summed E-state index contributed by atoms with van der Waals surface area (Å²) in [6.07, 6.45) is 4.93. The highest BCUT2D eigenvalue weighted by atomic mass is 32.2. The molecule has 0 unspecified atom stereocenters. The van der Waals surface area contributed by atoms with E-state index in [4.69, 9.17) is 0 Å². The van der Waals surface area contributed by atoms with Gasteiger partial charge in [0.25, 0.3) is 0 Å². The van der Waals surface area contributed by atoms with Gasteiger partial charge in [0.1, 0.15) is 0 Å². The number of carboxylic acid groups (broad SMARTS) is 1. The largest absolute Gasteiger partial charge is 0.478 e. The number of benzene rings is 1. The van der Waals surface area contributed by atoms with Gasteiger partial charge < -0.3 is 5.11 Å². The van der Waals surface area contributed by atoms with Gasteiger partial charge in [-0.3, -0.25) is 0 Å². The number of sulfone groups is 1. The van der Waals surface area contributed by atoms with Gasteiger partial charge in [0.2, 0.25) is 0 Å². The van der Waals surface area contributed by atoms with Crippen molar-refractivity contribution in [1.82, 2.24) is 0 Å². The van der Waals surface area contributed by atoms with Crippen molar-refractivity contribution in [2.45, 2.75) is 17.7 Å². The molecule has 1 heterocycles. The SMILES string of the molecule is CS(=O)(=O)c1ccc(/C(=C\C2CCSCC2)C(=O)O)cc1. The lowest BCUT2D eigenvalue weighted by Gasteiger charge is -2.18. The maximum atomic E-state index is 11.5. The van der Waals surface area contributed by atoms with Gasteiger partial charge in [0, 0.05) is 6.26 Å². The Morgan fingerprint density at radius 3 is 2.29 bits per heavy atom. The molecule has 0 bridgehead atoms. The first-order chi connectivity index (χ1) is 9.88. The molecule has 4 nitrogen and oxygen atoms in total. The van der Waals surface area contributed by atoms with Crippen LogP contribution in [0.25, 0.3) is 5.57 Å². The van der Waals surface area contributed by atoms with Crippen LogP contribution in [0.15, 0.2) is 35.2 Å². The summed E-state index contributed by atoms with van der Waals surface area (Å²) >= 11 is 1.89. The fourth-order valence-electron chi connectivity index (χ4n) is 2.29. The van der Waals surface area contributed by atoms with Gasteiger partial charge in [-0.1, -0.05) is 18.2 Å². The molecule has 1 fully saturated rings. The smallest absolute Gasteiger partial charge is 0.335 e. The predicted molar refractivity (Wildman–Crippen MR) is 85.2 cm³/mol. The summed E-state index contributed by atoms with van der Waals surface area (Å²) in [5.74, 6) is 1.43. The molecule has 6 heteroatoms. The second kappa shape index (κ2) is 6.66. The zero-order valence-corrected chi connectivity index (χ0v) is 13.4. The van der Waals surface area contributed by atoms with Crippen LogP contribution >= 0.6 is 11.8 Å². The Hall–Kier alpha value is -1.27. The molecular weight excluding hydrogens is 308 g/mol. The third kappa shape index (κ3) is 4.35. The van der Waals surface area contributed by atoms with Crippen LogP contribution in [0.3, 0.4) is 0 Å². The molecular formula is C15H18O4S2. The number of carboxylic acids is 1. The van der Waals surface area contributed by atoms with Gasteiger partial charge >= 0.3 is 5.97 Å². The van der Waals surface area contributed by atoms with Crippen molar-refractivity contribution in [3.63, 3.8) is 0 Å². The zero-order chi connectivity index (χ0) is 15.5. The van der Waals surface area contributed by atoms with E-state index in [1.165, 1.54) is 12.1 Å². The van der Waals surface area contributed by atoms with Crippen molar-refractivity contribution < 1.29 is 18.3 Å². The first-order valence-corrected chi connectivity index (χ1v) is 9.76. The minimum absolute atomic E-state index is 0.199. The average molecular weight is 326 g/mol. The van der Waals surface area contributed by atoms with Crippen molar-refractivity contribution >= 4 is 33.1 Å². The van der Waals surface area contributed by atoms with E-state index in [0.717, 1.165) is 30.6 Å². The van der Waals surface area contributed by atoms with Crippen LogP contribution in [-0.4, -0.2) is 37.3 Å². The lowest BCUT2D eigenvalue weighted by molar-refractivity contribution is -0.130. The third-order valence-electron chi connectivity index (χ3n) is 3.49. The predicted octanol–water partition coefficient (Wildman–Crippen LogP) is 2.70. The Morgan fingerprint density at radius 1 is 1.24 bits per heavy atom. The third-order valence-corrected chi connectivity index (χ3v) is 5.67. The molecule has 1 N–H and O–H groups in total. The first-order valence-electron chi connectivity index (χ1n) is 6.71. The zero-order valence-electron chi connectivity index (χ0n) is 11.8. The molecule has 0 aromatic heterocycles. The lowest BCUT2D eigenvalue weighted by Crippen LogP contribution is -2.10. The Kier molecular flexibility index (Phi) is 5.11. The summed E-state index contributed by atoms with van der Waals surface area (Å²) in [6, 6.07) is 6.04. The van der Waals surface area contributed by atoms with E-state index in [2.05, 4.69) is 0 Å². The first kappa shape index (κ1) is 16.1. The van der Waals surface area contributed by atoms with E-state index in [1.807, 2.05) is 17.8 Å². The lowest BCUT2D eigenvalue weighted by atomic mass is 9.96. The molecule has 1 aliphatic heterocycles. The summed E-state index contributed by atoms with van der Waals surface area (Å²) in [5.41, 5.74) is 0.806. The Bertz CT molecular complexity index is 639. The fourth-order valence-corrected chi connectivity index (χ4v) is 4.06. The van der Waals surface area contributed by atoms with E-state index in [9.17, 15) is 18.3 Å². The second-order valence-corrected chi connectivity index (χ2v) is 8.37. The van der Waals surface area contributed by atoms with E-state index in [1.54, 1.807) is 12.1 Å². The summed E-state index contributed by atoms with van der Waals surface area (Å²) in [5, 5.41) is 9.39. The number of hydrogen-bond donors (Lipinski definition) is 1. The molecule has 0 saturated carbocycles. The van der Waals surface area contributed by atoms with Crippen LogP contribution in [0.2, 0.25) is 0 Å². The van der Waals surface area contributed by atoms with Crippen molar-refractivity contribution in [2.24, 2.45) is 5.92 Å². The molecule has 0 aliphatic carbocycles. The monoisotopic (exact) mass is 326 g/mol. The molecule has 21 heavy (non-hydrogen) atoms. The maximum absolute atomic E-state index is 11.5. The quantitative estimate of drug-likeness (QED) is 0.861. The average Bonchev–Trinajstić information content (AvgIpc) is 2.45. The highest BCUT2D eigenvalue weighted by molar-refractivity contribution is 7.99. The van der Waals surface area contributed by atoms with Gasteiger partial charge in [-0.25, -0.2) is 13.2 Å². The summed E-state index contributed by atoms with van der Waals surface area (Å²) < 4.78 is 22.9. The molecule has 0 atom stereocenters. The fraction of sp³-hybridized carbons (Fsp3) is 0.400. The summed E-state index contributed by atoms with van der Waals surface area (Å²) in [4.78, 5) is 11.7. The molecule has 2 rings (SSSR count). The van der Waals surface area contributed by atoms with Crippen molar-refractivity contribution in [2.75, 3.05) is 17.8 Å². The number of hydrogen-bond acceptors (Lipinski definition) is 4. The number of rotatable bonds is 4. The van der Waals surface area contributed by atoms with Gasteiger partial charge in [-0.05, 0) is 48.0 Å². The topological polar surface area (TPSA) is 71.4 Å². The standard InChI is InChI=1S/C15H18O4S2/c1-21(18,19)13-4-2-12(3-5-13)14(15(16)17)10-11-6-8-20-9-7-11/h2-5,10-11H,6-9H2,1H3,(H,16,17)/b14-10+. The van der Waals surface area contributed by atoms with E-state index >= 15 is 0 Å². The van der Waals surface area contributed by atoms with Crippen LogP contribution < -0.4 is 0 Å². The van der Waals surface area contributed by atoms with Gasteiger partial charge in [0.05, 0.1) is 10.5 Å². The van der Waals surface area contributed by atoms with E-state index < -0.39 is 15.8 Å². The van der Waals surface area contributed by atoms with Gasteiger partial charge in [-0.2, -0.15) is 11.8 Å². The van der Waals surface area contributed by atoms with Gasteiger partial charge in [0.15, 0.2) is 9.84 Å². The summed E-state index contributed by atoms with van der Waals surface area (Å²) in [7, 11) is -3.26. The second-order valence-electron chi connectivity index (χ2n) is 5.13. The molecule has 1 saturated heterocycles. The van der Waals surface area contributed by atoms with Crippen LogP contribution in [0, 0.1) is 5.92 Å². The van der Waals surface area contributed by atoms with Crippen LogP contribution in [0.4, 0.5) is 0 Å². The number of carbonyl (C=O) groups is 1. The Labute approximate surface area is 129 Å². The van der Waals surface area contributed by atoms with Crippen molar-refractivity contribution in [1.29, 1.82) is 0 Å². The molecule has 1 aliphatic rings. The van der Waals surface area contributed by atoms with Crippen molar-refractivity contribution in [3.05, 3.63) is 35.9 Å². The molecule has 1 aromatic rings. The highest BCUT2D eigenvalue weighted by Crippen LogP contribution is 2.27. The molecule has 0 spiro atoms. The normalized spacial score (nSPS) is 17.7.